The Kier molecular flexibility index (Phi) is 4.97. The summed E-state index contributed by atoms with van der Waals surface area (Å²) in [7, 11) is 1.26. The van der Waals surface area contributed by atoms with E-state index in [0.29, 0.717) is 4.57 Å². The molecule has 2 N–H and O–H groups in total. The average molecular weight is 306 g/mol. The minimum Gasteiger partial charge on any atom is -0.383 e. The van der Waals surface area contributed by atoms with Crippen molar-refractivity contribution in [2.24, 2.45) is 5.73 Å². The van der Waals surface area contributed by atoms with E-state index in [0.717, 1.165) is 0 Å². The number of methoxy groups -OCH3 is 1. The van der Waals surface area contributed by atoms with Gasteiger partial charge in [-0.05, 0) is 0 Å². The van der Waals surface area contributed by atoms with E-state index in [4.69, 9.17) is 5.73 Å². The number of ether oxygens (including phenoxy) is 1. The molecule has 0 bridgehead atoms. The summed E-state index contributed by atoms with van der Waals surface area (Å²) in [5, 5.41) is 6.28. The lowest BCUT2D eigenvalue weighted by Crippen LogP contribution is -2.36. The Morgan fingerprint density at radius 2 is 1.70 bits per heavy atom. The second-order valence-corrected chi connectivity index (χ2v) is 3.84. The van der Waals surface area contributed by atoms with Gasteiger partial charge in [-0.3, -0.25) is 0 Å². The molecule has 1 rings (SSSR count). The first-order valence-electron chi connectivity index (χ1n) is 5.37. The van der Waals surface area contributed by atoms with Crippen LogP contribution in [0.1, 0.15) is 17.6 Å². The van der Waals surface area contributed by atoms with Gasteiger partial charge in [0.05, 0.1) is 13.2 Å². The minimum absolute atomic E-state index is 0.0968. The monoisotopic (exact) mass is 306 g/mol. The van der Waals surface area contributed by atoms with Crippen molar-refractivity contribution in [3.8, 4) is 0 Å². The van der Waals surface area contributed by atoms with Crippen molar-refractivity contribution in [3.63, 3.8) is 0 Å². The van der Waals surface area contributed by atoms with Crippen molar-refractivity contribution in [2.75, 3.05) is 13.7 Å². The summed E-state index contributed by atoms with van der Waals surface area (Å²) in [4.78, 5) is 0. The van der Waals surface area contributed by atoms with E-state index in [2.05, 4.69) is 14.9 Å². The summed E-state index contributed by atoms with van der Waals surface area (Å²) in [6.07, 6.45) is -11.1. The van der Waals surface area contributed by atoms with Crippen LogP contribution in [0.5, 0.6) is 0 Å². The van der Waals surface area contributed by atoms with Crippen LogP contribution in [0.25, 0.3) is 0 Å². The number of nitrogens with two attached hydrogens (primary N) is 1. The number of alkyl halides is 6. The Balaban J connectivity index is 3.30. The number of aromatic nitrogens is 3. The fourth-order valence-electron chi connectivity index (χ4n) is 1.62. The molecule has 0 aliphatic rings. The summed E-state index contributed by atoms with van der Waals surface area (Å²) in [6.45, 7) is -0.687. The van der Waals surface area contributed by atoms with Gasteiger partial charge in [-0.1, -0.05) is 0 Å². The molecule has 0 aromatic carbocycles. The summed E-state index contributed by atoms with van der Waals surface area (Å²) in [5.41, 5.74) is 5.23. The Morgan fingerprint density at radius 1 is 1.15 bits per heavy atom. The topological polar surface area (TPSA) is 66.0 Å². The van der Waals surface area contributed by atoms with Gasteiger partial charge in [0.2, 0.25) is 5.92 Å². The van der Waals surface area contributed by atoms with Gasteiger partial charge in [0, 0.05) is 13.7 Å². The van der Waals surface area contributed by atoms with Crippen molar-refractivity contribution < 1.29 is 31.1 Å². The number of nitrogens with zero attached hydrogens (tertiary/aromatic N) is 3. The van der Waals surface area contributed by atoms with Crippen LogP contribution >= 0.6 is 0 Å². The molecule has 1 aromatic heterocycles. The molecule has 5 nitrogen and oxygen atoms in total. The van der Waals surface area contributed by atoms with Crippen molar-refractivity contribution >= 4 is 0 Å². The standard InChI is InChI=1S/C9H12F6N4O/c1-20-3-2-19-5(4-16)17-18-7(19)6(8(10,11)12)9(13,14)15/h6H,2-4,16H2,1H3. The first-order chi connectivity index (χ1) is 9.12. The second kappa shape index (κ2) is 5.95. The predicted octanol–water partition coefficient (Wildman–Crippen LogP) is 1.59. The molecule has 0 unspecified atom stereocenters. The van der Waals surface area contributed by atoms with Crippen molar-refractivity contribution in [1.29, 1.82) is 0 Å². The fraction of sp³-hybridized carbons (Fsp3) is 0.778. The van der Waals surface area contributed by atoms with Gasteiger partial charge in [-0.15, -0.1) is 10.2 Å². The van der Waals surface area contributed by atoms with E-state index in [1.54, 1.807) is 0 Å². The summed E-state index contributed by atoms with van der Waals surface area (Å²) >= 11 is 0. The minimum atomic E-state index is -5.53. The summed E-state index contributed by atoms with van der Waals surface area (Å²) < 4.78 is 81.3. The summed E-state index contributed by atoms with van der Waals surface area (Å²) in [6, 6.07) is 0. The molecule has 0 aliphatic carbocycles. The fourth-order valence-corrected chi connectivity index (χ4v) is 1.62. The van der Waals surface area contributed by atoms with Gasteiger partial charge in [-0.2, -0.15) is 26.3 Å². The third-order valence-corrected chi connectivity index (χ3v) is 2.47. The highest BCUT2D eigenvalue weighted by atomic mass is 19.4. The van der Waals surface area contributed by atoms with E-state index < -0.39 is 24.1 Å². The molecule has 0 saturated carbocycles. The Bertz CT molecular complexity index is 427. The largest absolute Gasteiger partial charge is 0.407 e. The molecular weight excluding hydrogens is 294 g/mol. The lowest BCUT2D eigenvalue weighted by atomic mass is 10.1. The quantitative estimate of drug-likeness (QED) is 0.839. The third-order valence-electron chi connectivity index (χ3n) is 2.47. The van der Waals surface area contributed by atoms with E-state index in [9.17, 15) is 26.3 Å². The lowest BCUT2D eigenvalue weighted by molar-refractivity contribution is -0.256. The van der Waals surface area contributed by atoms with Crippen LogP contribution in [0.15, 0.2) is 0 Å². The van der Waals surface area contributed by atoms with Gasteiger partial charge in [0.25, 0.3) is 0 Å². The molecular formula is C9H12F6N4O. The third kappa shape index (κ3) is 3.60. The molecule has 116 valence electrons. The van der Waals surface area contributed by atoms with Gasteiger partial charge in [0.15, 0.2) is 5.82 Å². The van der Waals surface area contributed by atoms with E-state index >= 15 is 0 Å². The van der Waals surface area contributed by atoms with Crippen LogP contribution in [0, 0.1) is 0 Å². The lowest BCUT2D eigenvalue weighted by Gasteiger charge is -2.23. The van der Waals surface area contributed by atoms with E-state index in [1.165, 1.54) is 7.11 Å². The smallest absolute Gasteiger partial charge is 0.383 e. The molecule has 0 spiro atoms. The molecule has 20 heavy (non-hydrogen) atoms. The Hall–Kier alpha value is -1.36. The second-order valence-electron chi connectivity index (χ2n) is 3.84. The van der Waals surface area contributed by atoms with Crippen LogP contribution in [-0.2, 0) is 17.8 Å². The highest BCUT2D eigenvalue weighted by Gasteiger charge is 2.60. The van der Waals surface area contributed by atoms with Crippen LogP contribution < -0.4 is 5.73 Å². The molecule has 0 amide bonds. The maximum Gasteiger partial charge on any atom is 0.407 e. The summed E-state index contributed by atoms with van der Waals surface area (Å²) in [5.74, 6) is -5.11. The molecule has 0 fully saturated rings. The van der Waals surface area contributed by atoms with Crippen molar-refractivity contribution in [1.82, 2.24) is 14.8 Å². The predicted molar refractivity (Wildman–Crippen MR) is 54.6 cm³/mol. The van der Waals surface area contributed by atoms with Crippen LogP contribution in [0.2, 0.25) is 0 Å². The molecule has 11 heteroatoms. The Labute approximate surface area is 109 Å². The highest BCUT2D eigenvalue weighted by molar-refractivity contribution is 5.08. The van der Waals surface area contributed by atoms with Gasteiger partial charge in [-0.25, -0.2) is 0 Å². The SMILES string of the molecule is COCCn1c(CN)nnc1C(C(F)(F)F)C(F)(F)F. The van der Waals surface area contributed by atoms with Gasteiger partial charge < -0.3 is 15.0 Å². The maximum absolute atomic E-state index is 12.7. The Morgan fingerprint density at radius 3 is 2.10 bits per heavy atom. The zero-order valence-electron chi connectivity index (χ0n) is 10.3. The normalized spacial score (nSPS) is 13.2. The number of hydrogen-bond acceptors (Lipinski definition) is 4. The first kappa shape index (κ1) is 16.7. The van der Waals surface area contributed by atoms with Gasteiger partial charge in [0.1, 0.15) is 5.82 Å². The zero-order chi connectivity index (χ0) is 15.6. The van der Waals surface area contributed by atoms with Crippen molar-refractivity contribution in [2.45, 2.75) is 31.4 Å². The van der Waals surface area contributed by atoms with Crippen LogP contribution in [0.4, 0.5) is 26.3 Å². The number of rotatable bonds is 5. The molecule has 0 aliphatic heterocycles. The van der Waals surface area contributed by atoms with Gasteiger partial charge >= 0.3 is 12.4 Å². The van der Waals surface area contributed by atoms with E-state index in [-0.39, 0.29) is 25.5 Å². The first-order valence-corrected chi connectivity index (χ1v) is 5.37. The molecule has 0 atom stereocenters. The number of halogens is 6. The molecule has 1 aromatic rings. The highest BCUT2D eigenvalue weighted by Crippen LogP contribution is 2.45. The molecule has 0 radical (unpaired) electrons. The van der Waals surface area contributed by atoms with Crippen LogP contribution in [-0.4, -0.2) is 40.8 Å². The maximum atomic E-state index is 12.7. The molecule has 1 heterocycles. The number of hydrogen-bond donors (Lipinski definition) is 1. The van der Waals surface area contributed by atoms with Crippen molar-refractivity contribution in [3.05, 3.63) is 11.6 Å². The average Bonchev–Trinajstić information content (AvgIpc) is 2.65. The molecule has 0 saturated heterocycles. The van der Waals surface area contributed by atoms with Crippen LogP contribution in [0.3, 0.4) is 0 Å². The zero-order valence-corrected chi connectivity index (χ0v) is 10.3. The van der Waals surface area contributed by atoms with E-state index in [1.807, 2.05) is 0 Å².